The lowest BCUT2D eigenvalue weighted by Gasteiger charge is -2.25. The van der Waals surface area contributed by atoms with E-state index in [4.69, 9.17) is 4.74 Å². The van der Waals surface area contributed by atoms with Gasteiger partial charge in [-0.05, 0) is 36.8 Å². The van der Waals surface area contributed by atoms with Crippen LogP contribution in [-0.2, 0) is 14.8 Å². The number of hydrogen-bond acceptors (Lipinski definition) is 6. The van der Waals surface area contributed by atoms with Gasteiger partial charge in [0.15, 0.2) is 6.10 Å². The number of amides is 2. The fourth-order valence-electron chi connectivity index (χ4n) is 3.00. The van der Waals surface area contributed by atoms with Gasteiger partial charge in [-0.1, -0.05) is 25.1 Å². The molecular weight excluding hydrogens is 394 g/mol. The number of nitrogens with one attached hydrogen (secondary N) is 2. The summed E-state index contributed by atoms with van der Waals surface area (Å²) < 4.78 is 32.9. The van der Waals surface area contributed by atoms with Crippen LogP contribution in [0.1, 0.15) is 23.7 Å². The standard InChI is InChI=1S/C20H17N3O5S/c1-2-17-20(25)22-16-10-14(7-8-18(16)28-17)29(26,27)23-19(24)13-9-12-5-3-4-6-15(12)21-11-13/h3-11,17H,2H2,1H3,(H,22,25)(H,23,24). The third-order valence-electron chi connectivity index (χ3n) is 4.53. The monoisotopic (exact) mass is 411 g/mol. The molecule has 8 nitrogen and oxygen atoms in total. The molecule has 0 bridgehead atoms. The minimum atomic E-state index is -4.17. The van der Waals surface area contributed by atoms with Gasteiger partial charge in [0.05, 0.1) is 21.7 Å². The van der Waals surface area contributed by atoms with Crippen LogP contribution in [-0.4, -0.2) is 31.3 Å². The molecule has 1 unspecified atom stereocenters. The lowest BCUT2D eigenvalue weighted by atomic mass is 10.1. The highest BCUT2D eigenvalue weighted by atomic mass is 32.2. The lowest BCUT2D eigenvalue weighted by Crippen LogP contribution is -2.36. The summed E-state index contributed by atoms with van der Waals surface area (Å²) >= 11 is 0. The van der Waals surface area contributed by atoms with Crippen LogP contribution in [0.15, 0.2) is 59.6 Å². The summed E-state index contributed by atoms with van der Waals surface area (Å²) in [5.74, 6) is -0.770. The third kappa shape index (κ3) is 3.64. The summed E-state index contributed by atoms with van der Waals surface area (Å²) in [7, 11) is -4.17. The predicted molar refractivity (Wildman–Crippen MR) is 106 cm³/mol. The maximum absolute atomic E-state index is 12.7. The number of carbonyl (C=O) groups excluding carboxylic acids is 2. The second-order valence-corrected chi connectivity index (χ2v) is 8.20. The second kappa shape index (κ2) is 7.17. The highest BCUT2D eigenvalue weighted by Crippen LogP contribution is 2.32. The highest BCUT2D eigenvalue weighted by molar-refractivity contribution is 7.90. The summed E-state index contributed by atoms with van der Waals surface area (Å²) in [5.41, 5.74) is 1.05. The van der Waals surface area contributed by atoms with E-state index in [2.05, 4.69) is 10.3 Å². The summed E-state index contributed by atoms with van der Waals surface area (Å²) in [6, 6.07) is 12.8. The molecule has 4 rings (SSSR count). The Bertz CT molecular complexity index is 1240. The van der Waals surface area contributed by atoms with Crippen molar-refractivity contribution in [2.45, 2.75) is 24.3 Å². The van der Waals surface area contributed by atoms with Gasteiger partial charge in [0.25, 0.3) is 21.8 Å². The molecule has 1 aliphatic rings. The number of hydrogen-bond donors (Lipinski definition) is 2. The fraction of sp³-hybridized carbons (Fsp3) is 0.150. The van der Waals surface area contributed by atoms with Crippen LogP contribution < -0.4 is 14.8 Å². The Hall–Kier alpha value is -3.46. The first kappa shape index (κ1) is 18.9. The normalized spacial score (nSPS) is 15.9. The smallest absolute Gasteiger partial charge is 0.266 e. The molecule has 2 N–H and O–H groups in total. The molecule has 0 saturated carbocycles. The Kier molecular flexibility index (Phi) is 4.67. The molecule has 2 amide bonds. The molecule has 1 atom stereocenters. The van der Waals surface area contributed by atoms with Gasteiger partial charge >= 0.3 is 0 Å². The molecule has 2 aromatic carbocycles. The molecule has 0 spiro atoms. The van der Waals surface area contributed by atoms with Crippen molar-refractivity contribution in [3.8, 4) is 5.75 Å². The second-order valence-electron chi connectivity index (χ2n) is 6.51. The van der Waals surface area contributed by atoms with Gasteiger partial charge in [-0.15, -0.1) is 0 Å². The number of carbonyl (C=O) groups is 2. The highest BCUT2D eigenvalue weighted by Gasteiger charge is 2.28. The molecule has 1 aliphatic heterocycles. The zero-order valence-corrected chi connectivity index (χ0v) is 16.2. The number of nitrogens with zero attached hydrogens (tertiary/aromatic N) is 1. The van der Waals surface area contributed by atoms with Gasteiger partial charge in [-0.25, -0.2) is 13.1 Å². The molecule has 0 aliphatic carbocycles. The summed E-state index contributed by atoms with van der Waals surface area (Å²) in [6.45, 7) is 1.81. The Balaban J connectivity index is 1.59. The van der Waals surface area contributed by atoms with Crippen LogP contribution in [0.3, 0.4) is 0 Å². The van der Waals surface area contributed by atoms with Crippen LogP contribution in [0.25, 0.3) is 10.9 Å². The van der Waals surface area contributed by atoms with Crippen LogP contribution in [0.5, 0.6) is 5.75 Å². The summed E-state index contributed by atoms with van der Waals surface area (Å²) in [6.07, 6.45) is 1.19. The van der Waals surface area contributed by atoms with Crippen LogP contribution >= 0.6 is 0 Å². The average molecular weight is 411 g/mol. The van der Waals surface area contributed by atoms with E-state index in [9.17, 15) is 18.0 Å². The van der Waals surface area contributed by atoms with Crippen molar-refractivity contribution in [1.29, 1.82) is 0 Å². The van der Waals surface area contributed by atoms with Crippen molar-refractivity contribution in [1.82, 2.24) is 9.71 Å². The number of anilines is 1. The molecule has 29 heavy (non-hydrogen) atoms. The fourth-order valence-corrected chi connectivity index (χ4v) is 4.00. The summed E-state index contributed by atoms with van der Waals surface area (Å²) in [4.78, 5) is 28.4. The first-order valence-corrected chi connectivity index (χ1v) is 10.4. The Labute approximate surface area is 167 Å². The van der Waals surface area contributed by atoms with Gasteiger partial charge in [0.2, 0.25) is 0 Å². The Morgan fingerprint density at radius 3 is 2.79 bits per heavy atom. The van der Waals surface area contributed by atoms with Gasteiger partial charge in [0, 0.05) is 11.6 Å². The van der Waals surface area contributed by atoms with E-state index in [0.29, 0.717) is 17.7 Å². The number of fused-ring (bicyclic) bond motifs is 2. The van der Waals surface area contributed by atoms with E-state index in [-0.39, 0.29) is 22.1 Å². The Morgan fingerprint density at radius 1 is 1.21 bits per heavy atom. The van der Waals surface area contributed by atoms with Gasteiger partial charge < -0.3 is 10.1 Å². The van der Waals surface area contributed by atoms with Crippen molar-refractivity contribution in [2.24, 2.45) is 0 Å². The van der Waals surface area contributed by atoms with E-state index < -0.39 is 22.0 Å². The quantitative estimate of drug-likeness (QED) is 0.682. The topological polar surface area (TPSA) is 114 Å². The zero-order valence-electron chi connectivity index (χ0n) is 15.4. The average Bonchev–Trinajstić information content (AvgIpc) is 2.72. The SMILES string of the molecule is CCC1Oc2ccc(S(=O)(=O)NC(=O)c3cnc4ccccc4c3)cc2NC1=O. The molecule has 9 heteroatoms. The molecule has 0 radical (unpaired) electrons. The van der Waals surface area contributed by atoms with Gasteiger partial charge in [-0.3, -0.25) is 14.6 Å². The molecular formula is C20H17N3O5S. The maximum Gasteiger partial charge on any atom is 0.266 e. The maximum atomic E-state index is 12.7. The van der Waals surface area contributed by atoms with E-state index in [0.717, 1.165) is 5.39 Å². The van der Waals surface area contributed by atoms with Crippen LogP contribution in [0.4, 0.5) is 5.69 Å². The van der Waals surface area contributed by atoms with Crippen molar-refractivity contribution in [2.75, 3.05) is 5.32 Å². The van der Waals surface area contributed by atoms with E-state index >= 15 is 0 Å². The summed E-state index contributed by atoms with van der Waals surface area (Å²) in [5, 5.41) is 3.35. The minimum absolute atomic E-state index is 0.118. The van der Waals surface area contributed by atoms with Crippen LogP contribution in [0.2, 0.25) is 0 Å². The van der Waals surface area contributed by atoms with Gasteiger partial charge in [-0.2, -0.15) is 0 Å². The number of aromatic nitrogens is 1. The van der Waals surface area contributed by atoms with Crippen molar-refractivity contribution in [3.05, 3.63) is 60.3 Å². The molecule has 0 saturated heterocycles. The molecule has 3 aromatic rings. The lowest BCUT2D eigenvalue weighted by molar-refractivity contribution is -0.123. The number of pyridine rings is 1. The number of sulfonamides is 1. The van der Waals surface area contributed by atoms with Crippen LogP contribution in [0, 0.1) is 0 Å². The number of para-hydroxylation sites is 1. The van der Waals surface area contributed by atoms with E-state index in [1.54, 1.807) is 24.3 Å². The predicted octanol–water partition coefficient (Wildman–Crippen LogP) is 2.46. The third-order valence-corrected chi connectivity index (χ3v) is 5.86. The number of benzene rings is 2. The minimum Gasteiger partial charge on any atom is -0.478 e. The number of ether oxygens (including phenoxy) is 1. The molecule has 2 heterocycles. The van der Waals surface area contributed by atoms with Crippen molar-refractivity contribution >= 4 is 38.4 Å². The van der Waals surface area contributed by atoms with E-state index in [1.165, 1.54) is 24.4 Å². The first-order chi connectivity index (χ1) is 13.9. The molecule has 0 fully saturated rings. The molecule has 1 aromatic heterocycles. The zero-order chi connectivity index (χ0) is 20.6. The Morgan fingerprint density at radius 2 is 2.00 bits per heavy atom. The number of rotatable bonds is 4. The first-order valence-electron chi connectivity index (χ1n) is 8.91. The largest absolute Gasteiger partial charge is 0.478 e. The van der Waals surface area contributed by atoms with Crippen molar-refractivity contribution < 1.29 is 22.7 Å². The van der Waals surface area contributed by atoms with Crippen molar-refractivity contribution in [3.63, 3.8) is 0 Å². The molecule has 148 valence electrons. The van der Waals surface area contributed by atoms with E-state index in [1.807, 2.05) is 17.7 Å². The van der Waals surface area contributed by atoms with Gasteiger partial charge in [0.1, 0.15) is 5.75 Å².